The standard InChI is InChI=1S/C10H13NOS/c1-3-7-5-9(8(12)4-2)13-10(7)6-11/h3,5-6,8,11-12H,1,4H2,2H3. The van der Waals surface area contributed by atoms with Crippen LogP contribution in [0, 0.1) is 5.41 Å². The first-order chi connectivity index (χ1) is 6.22. The lowest BCUT2D eigenvalue weighted by molar-refractivity contribution is 0.177. The van der Waals surface area contributed by atoms with Crippen LogP contribution in [0.3, 0.4) is 0 Å². The summed E-state index contributed by atoms with van der Waals surface area (Å²) in [6.45, 7) is 5.59. The highest BCUT2D eigenvalue weighted by atomic mass is 32.1. The molecule has 1 aromatic rings. The van der Waals surface area contributed by atoms with Gasteiger partial charge in [-0.15, -0.1) is 11.3 Å². The van der Waals surface area contributed by atoms with Crippen molar-refractivity contribution in [3.8, 4) is 0 Å². The Kier molecular flexibility index (Phi) is 3.39. The monoisotopic (exact) mass is 195 g/mol. The Morgan fingerprint density at radius 2 is 2.46 bits per heavy atom. The molecule has 0 bridgehead atoms. The van der Waals surface area contributed by atoms with E-state index in [1.165, 1.54) is 17.6 Å². The molecule has 0 fully saturated rings. The molecule has 1 rings (SSSR count). The van der Waals surface area contributed by atoms with Crippen LogP contribution in [-0.4, -0.2) is 11.3 Å². The molecule has 0 aromatic carbocycles. The van der Waals surface area contributed by atoms with E-state index in [-0.39, 0.29) is 0 Å². The van der Waals surface area contributed by atoms with E-state index in [1.807, 2.05) is 13.0 Å². The zero-order valence-electron chi connectivity index (χ0n) is 7.58. The smallest absolute Gasteiger partial charge is 0.0879 e. The molecular weight excluding hydrogens is 182 g/mol. The lowest BCUT2D eigenvalue weighted by Crippen LogP contribution is -1.89. The topological polar surface area (TPSA) is 44.1 Å². The molecule has 1 atom stereocenters. The first-order valence-corrected chi connectivity index (χ1v) is 4.99. The number of thiophene rings is 1. The third-order valence-electron chi connectivity index (χ3n) is 1.88. The van der Waals surface area contributed by atoms with E-state index in [2.05, 4.69) is 6.58 Å². The van der Waals surface area contributed by atoms with Gasteiger partial charge in [0.2, 0.25) is 0 Å². The number of hydrogen-bond donors (Lipinski definition) is 2. The van der Waals surface area contributed by atoms with Crippen LogP contribution >= 0.6 is 11.3 Å². The largest absolute Gasteiger partial charge is 0.388 e. The lowest BCUT2D eigenvalue weighted by Gasteiger charge is -2.01. The molecule has 0 amide bonds. The molecule has 0 saturated carbocycles. The van der Waals surface area contributed by atoms with Crippen LogP contribution in [-0.2, 0) is 0 Å². The normalized spacial score (nSPS) is 12.5. The molecule has 0 radical (unpaired) electrons. The van der Waals surface area contributed by atoms with Crippen molar-refractivity contribution in [2.75, 3.05) is 0 Å². The second-order valence-corrected chi connectivity index (χ2v) is 3.86. The summed E-state index contributed by atoms with van der Waals surface area (Å²) < 4.78 is 0. The van der Waals surface area contributed by atoms with E-state index in [0.29, 0.717) is 6.42 Å². The van der Waals surface area contributed by atoms with E-state index >= 15 is 0 Å². The van der Waals surface area contributed by atoms with Crippen LogP contribution in [0.25, 0.3) is 6.08 Å². The van der Waals surface area contributed by atoms with Crippen molar-refractivity contribution in [3.63, 3.8) is 0 Å². The Hall–Kier alpha value is -0.930. The second-order valence-electron chi connectivity index (χ2n) is 2.74. The molecule has 2 nitrogen and oxygen atoms in total. The van der Waals surface area contributed by atoms with Gasteiger partial charge in [0.1, 0.15) is 0 Å². The predicted octanol–water partition coefficient (Wildman–Crippen LogP) is 2.83. The Labute approximate surface area is 82.1 Å². The number of nitrogens with one attached hydrogen (secondary N) is 1. The van der Waals surface area contributed by atoms with Gasteiger partial charge in [-0.25, -0.2) is 0 Å². The molecule has 3 heteroatoms. The van der Waals surface area contributed by atoms with Crippen molar-refractivity contribution in [2.24, 2.45) is 0 Å². The molecular formula is C10H13NOS. The van der Waals surface area contributed by atoms with Gasteiger partial charge in [-0.2, -0.15) is 0 Å². The summed E-state index contributed by atoms with van der Waals surface area (Å²) in [5.74, 6) is 0. The van der Waals surface area contributed by atoms with Crippen molar-refractivity contribution >= 4 is 23.6 Å². The Morgan fingerprint density at radius 3 is 2.85 bits per heavy atom. The summed E-state index contributed by atoms with van der Waals surface area (Å²) in [5.41, 5.74) is 0.933. The lowest BCUT2D eigenvalue weighted by atomic mass is 10.2. The zero-order chi connectivity index (χ0) is 9.84. The van der Waals surface area contributed by atoms with E-state index < -0.39 is 6.10 Å². The molecule has 2 N–H and O–H groups in total. The summed E-state index contributed by atoms with van der Waals surface area (Å²) in [6, 6.07) is 1.90. The van der Waals surface area contributed by atoms with Crippen molar-refractivity contribution in [1.29, 1.82) is 5.41 Å². The van der Waals surface area contributed by atoms with Crippen molar-refractivity contribution in [3.05, 3.63) is 28.0 Å². The van der Waals surface area contributed by atoms with Crippen LogP contribution in [0.4, 0.5) is 0 Å². The van der Waals surface area contributed by atoms with Crippen molar-refractivity contribution < 1.29 is 5.11 Å². The van der Waals surface area contributed by atoms with Gasteiger partial charge in [0.25, 0.3) is 0 Å². The molecule has 1 unspecified atom stereocenters. The minimum Gasteiger partial charge on any atom is -0.388 e. The zero-order valence-corrected chi connectivity index (χ0v) is 8.40. The van der Waals surface area contributed by atoms with Crippen molar-refractivity contribution in [1.82, 2.24) is 0 Å². The fraction of sp³-hybridized carbons (Fsp3) is 0.300. The van der Waals surface area contributed by atoms with E-state index in [9.17, 15) is 5.11 Å². The SMILES string of the molecule is C=Cc1cc(C(O)CC)sc1C=N. The maximum atomic E-state index is 9.56. The number of hydrogen-bond acceptors (Lipinski definition) is 3. The molecule has 1 heterocycles. The summed E-state index contributed by atoms with van der Waals surface area (Å²) in [6.07, 6.45) is 3.31. The number of rotatable bonds is 4. The average Bonchev–Trinajstić information content (AvgIpc) is 2.59. The second kappa shape index (κ2) is 4.35. The first kappa shape index (κ1) is 10.2. The van der Waals surface area contributed by atoms with E-state index in [1.54, 1.807) is 6.08 Å². The van der Waals surface area contributed by atoms with Gasteiger partial charge < -0.3 is 10.5 Å². The van der Waals surface area contributed by atoms with Gasteiger partial charge in [0.15, 0.2) is 0 Å². The maximum Gasteiger partial charge on any atom is 0.0879 e. The first-order valence-electron chi connectivity index (χ1n) is 4.17. The molecule has 13 heavy (non-hydrogen) atoms. The molecule has 70 valence electrons. The highest BCUT2D eigenvalue weighted by molar-refractivity contribution is 7.14. The Balaban J connectivity index is 3.05. The van der Waals surface area contributed by atoms with Crippen LogP contribution in [0.2, 0.25) is 0 Å². The number of aliphatic hydroxyl groups excluding tert-OH is 1. The highest BCUT2D eigenvalue weighted by Gasteiger charge is 2.10. The third-order valence-corrected chi connectivity index (χ3v) is 3.08. The van der Waals surface area contributed by atoms with Crippen LogP contribution in [0.15, 0.2) is 12.6 Å². The Bertz CT molecular complexity index is 291. The van der Waals surface area contributed by atoms with Gasteiger partial charge in [-0.3, -0.25) is 0 Å². The minimum atomic E-state index is -0.405. The molecule has 0 spiro atoms. The van der Waals surface area contributed by atoms with Gasteiger partial charge in [-0.1, -0.05) is 19.6 Å². The molecule has 0 saturated heterocycles. The van der Waals surface area contributed by atoms with Gasteiger partial charge in [-0.05, 0) is 18.1 Å². The minimum absolute atomic E-state index is 0.405. The summed E-state index contributed by atoms with van der Waals surface area (Å²) in [7, 11) is 0. The van der Waals surface area contributed by atoms with Crippen LogP contribution in [0.1, 0.15) is 34.8 Å². The van der Waals surface area contributed by atoms with Crippen molar-refractivity contribution in [2.45, 2.75) is 19.4 Å². The highest BCUT2D eigenvalue weighted by Crippen LogP contribution is 2.28. The number of aliphatic hydroxyl groups is 1. The molecule has 0 aliphatic rings. The molecule has 0 aliphatic heterocycles. The molecule has 0 aliphatic carbocycles. The fourth-order valence-electron chi connectivity index (χ4n) is 1.08. The van der Waals surface area contributed by atoms with Gasteiger partial charge in [0.05, 0.1) is 11.0 Å². The molecule has 1 aromatic heterocycles. The van der Waals surface area contributed by atoms with Crippen LogP contribution < -0.4 is 0 Å². The van der Waals surface area contributed by atoms with Crippen LogP contribution in [0.5, 0.6) is 0 Å². The predicted molar refractivity (Wildman–Crippen MR) is 57.5 cm³/mol. The van der Waals surface area contributed by atoms with E-state index in [0.717, 1.165) is 15.3 Å². The average molecular weight is 195 g/mol. The maximum absolute atomic E-state index is 9.56. The fourth-order valence-corrected chi connectivity index (χ4v) is 2.14. The summed E-state index contributed by atoms with van der Waals surface area (Å²) in [4.78, 5) is 1.77. The summed E-state index contributed by atoms with van der Waals surface area (Å²) in [5, 5.41) is 16.7. The van der Waals surface area contributed by atoms with Gasteiger partial charge >= 0.3 is 0 Å². The summed E-state index contributed by atoms with van der Waals surface area (Å²) >= 11 is 1.45. The third kappa shape index (κ3) is 2.05. The Morgan fingerprint density at radius 1 is 1.77 bits per heavy atom. The van der Waals surface area contributed by atoms with Gasteiger partial charge in [0, 0.05) is 11.1 Å². The van der Waals surface area contributed by atoms with E-state index in [4.69, 9.17) is 5.41 Å². The quantitative estimate of drug-likeness (QED) is 0.713.